The van der Waals surface area contributed by atoms with Crippen LogP contribution in [0.3, 0.4) is 0 Å². The molecule has 28 heavy (non-hydrogen) atoms. The summed E-state index contributed by atoms with van der Waals surface area (Å²) in [7, 11) is 1.88. The van der Waals surface area contributed by atoms with E-state index in [2.05, 4.69) is 66.8 Å². The Hall–Kier alpha value is -2.25. The Labute approximate surface area is 171 Å². The molecule has 0 amide bonds. The highest BCUT2D eigenvalue weighted by molar-refractivity contribution is 7.14. The van der Waals surface area contributed by atoms with E-state index >= 15 is 0 Å². The fourth-order valence-corrected chi connectivity index (χ4v) is 4.65. The number of benzene rings is 1. The predicted octanol–water partition coefficient (Wildman–Crippen LogP) is 2.48. The van der Waals surface area contributed by atoms with Gasteiger partial charge in [0.25, 0.3) is 0 Å². The van der Waals surface area contributed by atoms with E-state index in [0.717, 1.165) is 65.0 Å². The SMILES string of the molecule is CN=C(NCc1ccccc1N1CCOCC1)N1CCN(c2cccs2)CC1. The van der Waals surface area contributed by atoms with Crippen LogP contribution < -0.4 is 15.1 Å². The van der Waals surface area contributed by atoms with E-state index in [9.17, 15) is 0 Å². The van der Waals surface area contributed by atoms with Crippen molar-refractivity contribution in [3.8, 4) is 0 Å². The Morgan fingerprint density at radius 2 is 1.79 bits per heavy atom. The van der Waals surface area contributed by atoms with Crippen LogP contribution >= 0.6 is 11.3 Å². The van der Waals surface area contributed by atoms with E-state index in [-0.39, 0.29) is 0 Å². The average molecular weight is 400 g/mol. The number of morpholine rings is 1. The summed E-state index contributed by atoms with van der Waals surface area (Å²) in [6.45, 7) is 8.34. The lowest BCUT2D eigenvalue weighted by Gasteiger charge is -2.37. The molecule has 7 heteroatoms. The van der Waals surface area contributed by atoms with Gasteiger partial charge in [-0.3, -0.25) is 4.99 Å². The van der Waals surface area contributed by atoms with Crippen molar-refractivity contribution < 1.29 is 4.74 Å². The second-order valence-electron chi connectivity index (χ2n) is 7.05. The largest absolute Gasteiger partial charge is 0.378 e. The Morgan fingerprint density at radius 3 is 2.50 bits per heavy atom. The van der Waals surface area contributed by atoms with Crippen LogP contribution in [0.2, 0.25) is 0 Å². The van der Waals surface area contributed by atoms with Crippen LogP contribution in [0.15, 0.2) is 46.8 Å². The lowest BCUT2D eigenvalue weighted by molar-refractivity contribution is 0.122. The molecule has 0 aliphatic carbocycles. The van der Waals surface area contributed by atoms with Gasteiger partial charge < -0.3 is 24.8 Å². The molecule has 2 aliphatic heterocycles. The predicted molar refractivity (Wildman–Crippen MR) is 118 cm³/mol. The first-order valence-electron chi connectivity index (χ1n) is 10.00. The maximum atomic E-state index is 5.51. The Balaban J connectivity index is 1.35. The summed E-state index contributed by atoms with van der Waals surface area (Å²) in [5.74, 6) is 0.989. The average Bonchev–Trinajstić information content (AvgIpc) is 3.30. The molecule has 0 saturated carbocycles. The van der Waals surface area contributed by atoms with Gasteiger partial charge in [-0.25, -0.2) is 0 Å². The van der Waals surface area contributed by atoms with Crippen LogP contribution in [0.4, 0.5) is 10.7 Å². The summed E-state index contributed by atoms with van der Waals surface area (Å²) in [5, 5.41) is 7.10. The van der Waals surface area contributed by atoms with E-state index in [0.29, 0.717) is 0 Å². The number of nitrogens with zero attached hydrogens (tertiary/aromatic N) is 4. The number of nitrogens with one attached hydrogen (secondary N) is 1. The molecule has 4 rings (SSSR count). The number of para-hydroxylation sites is 1. The van der Waals surface area contributed by atoms with Gasteiger partial charge in [0, 0.05) is 58.5 Å². The normalized spacial score (nSPS) is 18.5. The number of piperazine rings is 1. The first-order chi connectivity index (χ1) is 13.8. The van der Waals surface area contributed by atoms with Crippen molar-refractivity contribution in [1.82, 2.24) is 10.2 Å². The van der Waals surface area contributed by atoms with Gasteiger partial charge in [0.15, 0.2) is 5.96 Å². The molecule has 1 N–H and O–H groups in total. The topological polar surface area (TPSA) is 43.3 Å². The number of hydrogen-bond acceptors (Lipinski definition) is 5. The first kappa shape index (κ1) is 19.1. The molecule has 0 atom stereocenters. The summed E-state index contributed by atoms with van der Waals surface area (Å²) < 4.78 is 5.51. The highest BCUT2D eigenvalue weighted by Crippen LogP contribution is 2.23. The fraction of sp³-hybridized carbons (Fsp3) is 0.476. The van der Waals surface area contributed by atoms with Gasteiger partial charge in [0.05, 0.1) is 18.2 Å². The van der Waals surface area contributed by atoms with Crippen LogP contribution in [-0.4, -0.2) is 70.4 Å². The summed E-state index contributed by atoms with van der Waals surface area (Å²) in [5.41, 5.74) is 2.61. The zero-order valence-corrected chi connectivity index (χ0v) is 17.3. The molecule has 3 heterocycles. The summed E-state index contributed by atoms with van der Waals surface area (Å²) in [4.78, 5) is 11.8. The number of guanidine groups is 1. The van der Waals surface area contributed by atoms with E-state index in [4.69, 9.17) is 4.74 Å². The maximum Gasteiger partial charge on any atom is 0.194 e. The van der Waals surface area contributed by atoms with E-state index in [1.807, 2.05) is 18.4 Å². The molecule has 1 aromatic heterocycles. The molecule has 0 radical (unpaired) electrons. The second kappa shape index (κ2) is 9.30. The zero-order valence-electron chi connectivity index (χ0n) is 16.5. The number of anilines is 2. The molecule has 0 bridgehead atoms. The standard InChI is InChI=1S/C21H29N5OS/c1-22-21(26-10-8-25(9-11-26)20-7-4-16-28-20)23-17-18-5-2-3-6-19(18)24-12-14-27-15-13-24/h2-7,16H,8-15,17H2,1H3,(H,22,23). The fourth-order valence-electron chi connectivity index (χ4n) is 3.87. The number of hydrogen-bond donors (Lipinski definition) is 1. The highest BCUT2D eigenvalue weighted by atomic mass is 32.1. The van der Waals surface area contributed by atoms with Gasteiger partial charge in [-0.05, 0) is 29.1 Å². The molecule has 0 unspecified atom stereocenters. The van der Waals surface area contributed by atoms with Crippen LogP contribution in [0.5, 0.6) is 0 Å². The third-order valence-electron chi connectivity index (χ3n) is 5.39. The summed E-state index contributed by atoms with van der Waals surface area (Å²) in [6.07, 6.45) is 0. The van der Waals surface area contributed by atoms with Crippen LogP contribution in [0.25, 0.3) is 0 Å². The smallest absolute Gasteiger partial charge is 0.194 e. The molecule has 150 valence electrons. The molecule has 2 aromatic rings. The van der Waals surface area contributed by atoms with Crippen LogP contribution in [-0.2, 0) is 11.3 Å². The Bertz CT molecular complexity index is 765. The second-order valence-corrected chi connectivity index (χ2v) is 7.98. The van der Waals surface area contributed by atoms with Gasteiger partial charge in [-0.15, -0.1) is 11.3 Å². The minimum atomic E-state index is 0.783. The highest BCUT2D eigenvalue weighted by Gasteiger charge is 2.21. The van der Waals surface area contributed by atoms with Crippen molar-refractivity contribution in [3.05, 3.63) is 47.3 Å². The third-order valence-corrected chi connectivity index (χ3v) is 6.32. The van der Waals surface area contributed by atoms with Gasteiger partial charge in [0.2, 0.25) is 0 Å². The molecule has 0 spiro atoms. The quantitative estimate of drug-likeness (QED) is 0.632. The third kappa shape index (κ3) is 4.42. The van der Waals surface area contributed by atoms with E-state index < -0.39 is 0 Å². The van der Waals surface area contributed by atoms with Gasteiger partial charge in [0.1, 0.15) is 0 Å². The van der Waals surface area contributed by atoms with Crippen molar-refractivity contribution in [3.63, 3.8) is 0 Å². The Morgan fingerprint density at radius 1 is 1.00 bits per heavy atom. The molecule has 2 saturated heterocycles. The summed E-state index contributed by atoms with van der Waals surface area (Å²) >= 11 is 1.82. The van der Waals surface area contributed by atoms with Crippen molar-refractivity contribution >= 4 is 28.0 Å². The van der Waals surface area contributed by atoms with E-state index in [1.54, 1.807) is 0 Å². The molecule has 2 aliphatic rings. The lowest BCUT2D eigenvalue weighted by Crippen LogP contribution is -2.52. The lowest BCUT2D eigenvalue weighted by atomic mass is 10.1. The number of thiophene rings is 1. The molecule has 6 nitrogen and oxygen atoms in total. The molecule has 2 fully saturated rings. The number of aliphatic imine (C=N–C) groups is 1. The van der Waals surface area contributed by atoms with Crippen LogP contribution in [0.1, 0.15) is 5.56 Å². The maximum absolute atomic E-state index is 5.51. The van der Waals surface area contributed by atoms with Gasteiger partial charge in [-0.2, -0.15) is 0 Å². The number of rotatable bonds is 4. The zero-order chi connectivity index (χ0) is 19.2. The Kier molecular flexibility index (Phi) is 6.34. The minimum absolute atomic E-state index is 0.783. The minimum Gasteiger partial charge on any atom is -0.378 e. The van der Waals surface area contributed by atoms with Crippen molar-refractivity contribution in [2.75, 3.05) is 69.3 Å². The molecule has 1 aromatic carbocycles. The van der Waals surface area contributed by atoms with E-state index in [1.165, 1.54) is 16.3 Å². The summed E-state index contributed by atoms with van der Waals surface area (Å²) in [6, 6.07) is 13.0. The molecular formula is C21H29N5OS. The van der Waals surface area contributed by atoms with Gasteiger partial charge >= 0.3 is 0 Å². The van der Waals surface area contributed by atoms with Crippen molar-refractivity contribution in [2.45, 2.75) is 6.54 Å². The monoisotopic (exact) mass is 399 g/mol. The first-order valence-corrected chi connectivity index (χ1v) is 10.9. The van der Waals surface area contributed by atoms with Crippen molar-refractivity contribution in [1.29, 1.82) is 0 Å². The molecular weight excluding hydrogens is 370 g/mol. The van der Waals surface area contributed by atoms with Gasteiger partial charge in [-0.1, -0.05) is 18.2 Å². The number of ether oxygens (including phenoxy) is 1. The van der Waals surface area contributed by atoms with Crippen molar-refractivity contribution in [2.24, 2.45) is 4.99 Å². The van der Waals surface area contributed by atoms with Crippen LogP contribution in [0, 0.1) is 0 Å².